The first kappa shape index (κ1) is 20.1. The van der Waals surface area contributed by atoms with Crippen molar-refractivity contribution in [2.24, 2.45) is 0 Å². The second kappa shape index (κ2) is 8.44. The van der Waals surface area contributed by atoms with Gasteiger partial charge in [0.25, 0.3) is 0 Å². The van der Waals surface area contributed by atoms with E-state index in [1.807, 2.05) is 30.5 Å². The molecule has 2 fully saturated rings. The molecule has 3 aliphatic heterocycles. The molecule has 0 radical (unpaired) electrons. The molecule has 8 heteroatoms. The van der Waals surface area contributed by atoms with E-state index >= 15 is 0 Å². The van der Waals surface area contributed by atoms with Crippen LogP contribution in [-0.2, 0) is 4.74 Å². The standard InChI is InChI=1S/C25H26N4O4/c30-25-29(18-5-6-23-24(15-18)32-14-13-31-23)17-19(33-25)16-27-9-11-28(12-10-27)22-7-8-26-21-4-2-1-3-20(21)22/h1-8,15,19H,9-14,16-17H2/t19-/m1/s1. The Kier molecular flexibility index (Phi) is 5.14. The molecule has 2 saturated heterocycles. The Morgan fingerprint density at radius 2 is 1.76 bits per heavy atom. The van der Waals surface area contributed by atoms with Crippen LogP contribution in [0.4, 0.5) is 16.2 Å². The van der Waals surface area contributed by atoms with E-state index in [2.05, 4.69) is 39.0 Å². The minimum Gasteiger partial charge on any atom is -0.486 e. The van der Waals surface area contributed by atoms with Crippen molar-refractivity contribution in [3.05, 3.63) is 54.7 Å². The lowest BCUT2D eigenvalue weighted by molar-refractivity contribution is 0.106. The number of carbonyl (C=O) groups is 1. The number of cyclic esters (lactones) is 1. The van der Waals surface area contributed by atoms with Gasteiger partial charge in [0.05, 0.1) is 17.7 Å². The summed E-state index contributed by atoms with van der Waals surface area (Å²) >= 11 is 0. The zero-order valence-corrected chi connectivity index (χ0v) is 18.4. The lowest BCUT2D eigenvalue weighted by Gasteiger charge is -2.37. The van der Waals surface area contributed by atoms with Gasteiger partial charge in [-0.25, -0.2) is 4.79 Å². The molecule has 0 aliphatic carbocycles. The summed E-state index contributed by atoms with van der Waals surface area (Å²) < 4.78 is 16.9. The summed E-state index contributed by atoms with van der Waals surface area (Å²) in [5.74, 6) is 1.39. The largest absolute Gasteiger partial charge is 0.486 e. The molecule has 0 unspecified atom stereocenters. The van der Waals surface area contributed by atoms with Crippen molar-refractivity contribution >= 4 is 28.4 Å². The molecule has 2 aromatic carbocycles. The highest BCUT2D eigenvalue weighted by atomic mass is 16.6. The minimum atomic E-state index is -0.307. The van der Waals surface area contributed by atoms with E-state index in [9.17, 15) is 4.79 Å². The summed E-state index contributed by atoms with van der Waals surface area (Å²) in [7, 11) is 0. The Morgan fingerprint density at radius 3 is 2.64 bits per heavy atom. The van der Waals surface area contributed by atoms with Crippen LogP contribution in [0.15, 0.2) is 54.7 Å². The number of para-hydroxylation sites is 1. The quantitative estimate of drug-likeness (QED) is 0.610. The summed E-state index contributed by atoms with van der Waals surface area (Å²) in [6.07, 6.45) is 1.42. The van der Waals surface area contributed by atoms with E-state index in [0.717, 1.165) is 43.9 Å². The number of carbonyl (C=O) groups excluding carboxylic acids is 1. The molecule has 0 bridgehead atoms. The number of piperazine rings is 1. The summed E-state index contributed by atoms with van der Waals surface area (Å²) in [5.41, 5.74) is 3.04. The molecule has 4 heterocycles. The van der Waals surface area contributed by atoms with Crippen LogP contribution in [0.3, 0.4) is 0 Å². The van der Waals surface area contributed by atoms with Crippen LogP contribution in [0, 0.1) is 0 Å². The molecule has 170 valence electrons. The van der Waals surface area contributed by atoms with Crippen molar-refractivity contribution in [1.82, 2.24) is 9.88 Å². The number of hydrogen-bond acceptors (Lipinski definition) is 7. The van der Waals surface area contributed by atoms with Crippen molar-refractivity contribution in [3.8, 4) is 11.5 Å². The molecule has 8 nitrogen and oxygen atoms in total. The van der Waals surface area contributed by atoms with Crippen molar-refractivity contribution in [2.75, 3.05) is 62.3 Å². The number of nitrogens with zero attached hydrogens (tertiary/aromatic N) is 4. The molecule has 33 heavy (non-hydrogen) atoms. The molecule has 1 atom stereocenters. The highest BCUT2D eigenvalue weighted by molar-refractivity contribution is 5.91. The Hall–Kier alpha value is -3.52. The molecule has 3 aliphatic rings. The maximum absolute atomic E-state index is 12.6. The van der Waals surface area contributed by atoms with Crippen molar-refractivity contribution in [3.63, 3.8) is 0 Å². The smallest absolute Gasteiger partial charge is 0.414 e. The molecule has 1 amide bonds. The topological polar surface area (TPSA) is 67.4 Å². The number of aromatic nitrogens is 1. The zero-order chi connectivity index (χ0) is 22.2. The third-order valence-electron chi connectivity index (χ3n) is 6.51. The lowest BCUT2D eigenvalue weighted by Crippen LogP contribution is -2.49. The number of rotatable bonds is 4. The fourth-order valence-corrected chi connectivity index (χ4v) is 4.84. The zero-order valence-electron chi connectivity index (χ0n) is 18.4. The lowest BCUT2D eigenvalue weighted by atomic mass is 10.1. The van der Waals surface area contributed by atoms with Gasteiger partial charge in [-0.3, -0.25) is 14.8 Å². The summed E-state index contributed by atoms with van der Waals surface area (Å²) in [4.78, 5) is 23.5. The number of anilines is 2. The third kappa shape index (κ3) is 3.91. The van der Waals surface area contributed by atoms with E-state index in [-0.39, 0.29) is 12.2 Å². The average molecular weight is 447 g/mol. The highest BCUT2D eigenvalue weighted by Gasteiger charge is 2.34. The predicted molar refractivity (Wildman–Crippen MR) is 125 cm³/mol. The number of amides is 1. The van der Waals surface area contributed by atoms with Crippen molar-refractivity contribution in [2.45, 2.75) is 6.10 Å². The molecule has 3 aromatic rings. The van der Waals surface area contributed by atoms with Crippen LogP contribution < -0.4 is 19.3 Å². The molecular weight excluding hydrogens is 420 g/mol. The normalized spacial score (nSPS) is 20.8. The minimum absolute atomic E-state index is 0.154. The van der Waals surface area contributed by atoms with Gasteiger partial charge in [-0.05, 0) is 24.3 Å². The highest BCUT2D eigenvalue weighted by Crippen LogP contribution is 2.35. The molecule has 0 spiro atoms. The fourth-order valence-electron chi connectivity index (χ4n) is 4.84. The first-order valence-electron chi connectivity index (χ1n) is 11.4. The Bertz CT molecular complexity index is 1170. The Labute approximate surface area is 192 Å². The SMILES string of the molecule is O=C1O[C@H](CN2CCN(c3ccnc4ccccc34)CC2)CN1c1ccc2c(c1)OCCO2. The van der Waals surface area contributed by atoms with Gasteiger partial charge in [0, 0.05) is 56.1 Å². The van der Waals surface area contributed by atoms with Gasteiger partial charge < -0.3 is 19.1 Å². The van der Waals surface area contributed by atoms with Gasteiger partial charge in [-0.2, -0.15) is 0 Å². The van der Waals surface area contributed by atoms with Gasteiger partial charge >= 0.3 is 6.09 Å². The molecule has 0 saturated carbocycles. The van der Waals surface area contributed by atoms with Crippen molar-refractivity contribution < 1.29 is 19.0 Å². The van der Waals surface area contributed by atoms with E-state index < -0.39 is 0 Å². The maximum Gasteiger partial charge on any atom is 0.414 e. The third-order valence-corrected chi connectivity index (χ3v) is 6.51. The van der Waals surface area contributed by atoms with Gasteiger partial charge in [-0.1, -0.05) is 18.2 Å². The average Bonchev–Trinajstić information content (AvgIpc) is 3.23. The van der Waals surface area contributed by atoms with Gasteiger partial charge in [0.2, 0.25) is 0 Å². The summed E-state index contributed by atoms with van der Waals surface area (Å²) in [6.45, 7) is 6.05. The first-order chi connectivity index (χ1) is 16.2. The van der Waals surface area contributed by atoms with Crippen LogP contribution in [-0.4, -0.2) is 74.6 Å². The van der Waals surface area contributed by atoms with Gasteiger partial charge in [0.1, 0.15) is 19.3 Å². The van der Waals surface area contributed by atoms with E-state index in [0.29, 0.717) is 31.3 Å². The fraction of sp³-hybridized carbons (Fsp3) is 0.360. The first-order valence-corrected chi connectivity index (χ1v) is 11.4. The number of benzene rings is 2. The number of fused-ring (bicyclic) bond motifs is 2. The van der Waals surface area contributed by atoms with Crippen LogP contribution in [0.1, 0.15) is 0 Å². The molecule has 0 N–H and O–H groups in total. The van der Waals surface area contributed by atoms with E-state index in [4.69, 9.17) is 14.2 Å². The molecule has 1 aromatic heterocycles. The summed E-state index contributed by atoms with van der Waals surface area (Å²) in [5, 5.41) is 1.19. The molecule has 6 rings (SSSR count). The maximum atomic E-state index is 12.6. The van der Waals surface area contributed by atoms with Crippen LogP contribution in [0.2, 0.25) is 0 Å². The van der Waals surface area contributed by atoms with E-state index in [1.54, 1.807) is 4.90 Å². The second-order valence-corrected chi connectivity index (χ2v) is 8.58. The van der Waals surface area contributed by atoms with Crippen LogP contribution >= 0.6 is 0 Å². The predicted octanol–water partition coefficient (Wildman–Crippen LogP) is 3.15. The van der Waals surface area contributed by atoms with Gasteiger partial charge in [0.15, 0.2) is 11.5 Å². The number of ether oxygens (including phenoxy) is 3. The number of hydrogen-bond donors (Lipinski definition) is 0. The van der Waals surface area contributed by atoms with Crippen LogP contribution in [0.25, 0.3) is 10.9 Å². The Morgan fingerprint density at radius 1 is 0.939 bits per heavy atom. The monoisotopic (exact) mass is 446 g/mol. The van der Waals surface area contributed by atoms with Crippen molar-refractivity contribution in [1.29, 1.82) is 0 Å². The number of pyridine rings is 1. The Balaban J connectivity index is 1.08. The summed E-state index contributed by atoms with van der Waals surface area (Å²) in [6, 6.07) is 16.0. The second-order valence-electron chi connectivity index (χ2n) is 8.58. The van der Waals surface area contributed by atoms with E-state index in [1.165, 1.54) is 11.1 Å². The van der Waals surface area contributed by atoms with Gasteiger partial charge in [-0.15, -0.1) is 0 Å². The van der Waals surface area contributed by atoms with Crippen LogP contribution in [0.5, 0.6) is 11.5 Å². The molecular formula is C25H26N4O4.